The number of benzene rings is 1. The fraction of sp³-hybridized carbons (Fsp3) is 0.222. The van der Waals surface area contributed by atoms with Gasteiger partial charge in [-0.15, -0.1) is 0 Å². The van der Waals surface area contributed by atoms with E-state index in [4.69, 9.17) is 20.8 Å². The average Bonchev–Trinajstić information content (AvgIpc) is 3.14. The van der Waals surface area contributed by atoms with Crippen molar-refractivity contribution < 1.29 is 18.7 Å². The lowest BCUT2D eigenvalue weighted by Crippen LogP contribution is -2.44. The van der Waals surface area contributed by atoms with E-state index in [1.54, 1.807) is 41.3 Å². The SMILES string of the molecule is O=C(N/C(=C/c1ccco1)C(=O)N1CCOCC1)c1ccccc1Cl. The first-order chi connectivity index (χ1) is 12.1. The van der Waals surface area contributed by atoms with Crippen LogP contribution in [0.5, 0.6) is 0 Å². The number of furan rings is 1. The van der Waals surface area contributed by atoms with E-state index >= 15 is 0 Å². The Balaban J connectivity index is 1.85. The molecule has 0 aliphatic carbocycles. The lowest BCUT2D eigenvalue weighted by atomic mass is 10.2. The topological polar surface area (TPSA) is 71.8 Å². The molecule has 6 nitrogen and oxygen atoms in total. The third-order valence-corrected chi connectivity index (χ3v) is 4.05. The predicted octanol–water partition coefficient (Wildman–Crippen LogP) is 2.56. The van der Waals surface area contributed by atoms with Crippen LogP contribution in [0.25, 0.3) is 6.08 Å². The van der Waals surface area contributed by atoms with Crippen molar-refractivity contribution in [3.05, 3.63) is 64.7 Å². The molecule has 0 bridgehead atoms. The van der Waals surface area contributed by atoms with E-state index in [0.717, 1.165) is 0 Å². The van der Waals surface area contributed by atoms with Crippen LogP contribution in [-0.2, 0) is 9.53 Å². The van der Waals surface area contributed by atoms with Crippen molar-refractivity contribution >= 4 is 29.5 Å². The lowest BCUT2D eigenvalue weighted by molar-refractivity contribution is -0.131. The van der Waals surface area contributed by atoms with E-state index < -0.39 is 5.91 Å². The predicted molar refractivity (Wildman–Crippen MR) is 93.0 cm³/mol. The molecule has 1 aliphatic heterocycles. The summed E-state index contributed by atoms with van der Waals surface area (Å²) in [7, 11) is 0. The van der Waals surface area contributed by atoms with Crippen molar-refractivity contribution in [2.45, 2.75) is 0 Å². The van der Waals surface area contributed by atoms with Crippen LogP contribution in [0, 0.1) is 0 Å². The first kappa shape index (κ1) is 17.3. The Hall–Kier alpha value is -2.57. The molecule has 1 N–H and O–H groups in total. The van der Waals surface area contributed by atoms with E-state index in [2.05, 4.69) is 5.32 Å². The van der Waals surface area contributed by atoms with Gasteiger partial charge < -0.3 is 19.4 Å². The zero-order chi connectivity index (χ0) is 17.6. The molecule has 1 saturated heterocycles. The smallest absolute Gasteiger partial charge is 0.270 e. The third kappa shape index (κ3) is 4.29. The Bertz CT molecular complexity index is 780. The quantitative estimate of drug-likeness (QED) is 0.850. The number of rotatable bonds is 4. The minimum absolute atomic E-state index is 0.127. The maximum atomic E-state index is 12.8. The second kappa shape index (κ2) is 8.00. The van der Waals surface area contributed by atoms with Gasteiger partial charge in [-0.25, -0.2) is 0 Å². The Morgan fingerprint density at radius 1 is 1.12 bits per heavy atom. The molecule has 1 aromatic heterocycles. The summed E-state index contributed by atoms with van der Waals surface area (Å²) in [5.74, 6) is -0.277. The van der Waals surface area contributed by atoms with Gasteiger partial charge >= 0.3 is 0 Å². The van der Waals surface area contributed by atoms with Gasteiger partial charge in [0.15, 0.2) is 0 Å². The lowest BCUT2D eigenvalue weighted by Gasteiger charge is -2.27. The van der Waals surface area contributed by atoms with Crippen LogP contribution in [-0.4, -0.2) is 43.0 Å². The van der Waals surface area contributed by atoms with Gasteiger partial charge in [0.25, 0.3) is 11.8 Å². The highest BCUT2D eigenvalue weighted by Gasteiger charge is 2.23. The molecule has 2 heterocycles. The van der Waals surface area contributed by atoms with Gasteiger partial charge in [0, 0.05) is 19.2 Å². The molecular weight excluding hydrogens is 344 g/mol. The highest BCUT2D eigenvalue weighted by molar-refractivity contribution is 6.34. The van der Waals surface area contributed by atoms with E-state index in [0.29, 0.717) is 42.6 Å². The third-order valence-electron chi connectivity index (χ3n) is 3.73. The van der Waals surface area contributed by atoms with Crippen molar-refractivity contribution in [2.75, 3.05) is 26.3 Å². The van der Waals surface area contributed by atoms with Crippen molar-refractivity contribution in [2.24, 2.45) is 0 Å². The molecule has 2 amide bonds. The molecule has 1 aliphatic rings. The molecule has 0 spiro atoms. The summed E-state index contributed by atoms with van der Waals surface area (Å²) in [5.41, 5.74) is 0.422. The monoisotopic (exact) mass is 360 g/mol. The summed E-state index contributed by atoms with van der Waals surface area (Å²) < 4.78 is 10.5. The largest absolute Gasteiger partial charge is 0.465 e. The van der Waals surface area contributed by atoms with E-state index in [1.807, 2.05) is 0 Å². The van der Waals surface area contributed by atoms with Crippen LogP contribution in [0.1, 0.15) is 16.1 Å². The number of halogens is 1. The molecule has 130 valence electrons. The Morgan fingerprint density at radius 2 is 1.88 bits per heavy atom. The Kier molecular flexibility index (Phi) is 5.53. The number of hydrogen-bond donors (Lipinski definition) is 1. The summed E-state index contributed by atoms with van der Waals surface area (Å²) >= 11 is 6.06. The number of hydrogen-bond acceptors (Lipinski definition) is 4. The van der Waals surface area contributed by atoms with Gasteiger partial charge in [0.05, 0.1) is 30.1 Å². The number of ether oxygens (including phenoxy) is 1. The summed E-state index contributed by atoms with van der Waals surface area (Å²) in [6, 6.07) is 10.1. The molecule has 0 saturated carbocycles. The van der Waals surface area contributed by atoms with E-state index in [-0.39, 0.29) is 11.6 Å². The molecule has 0 unspecified atom stereocenters. The van der Waals surface area contributed by atoms with Gasteiger partial charge in [-0.3, -0.25) is 9.59 Å². The van der Waals surface area contributed by atoms with Gasteiger partial charge in [0.2, 0.25) is 0 Å². The molecule has 0 radical (unpaired) electrons. The molecule has 1 aromatic carbocycles. The fourth-order valence-electron chi connectivity index (χ4n) is 2.44. The van der Waals surface area contributed by atoms with E-state index in [1.165, 1.54) is 12.3 Å². The van der Waals surface area contributed by atoms with Crippen LogP contribution in [0.3, 0.4) is 0 Å². The Labute approximate surface area is 150 Å². The number of morpholine rings is 1. The van der Waals surface area contributed by atoms with Crippen LogP contribution in [0.15, 0.2) is 52.8 Å². The van der Waals surface area contributed by atoms with Crippen molar-refractivity contribution in [1.82, 2.24) is 10.2 Å². The summed E-state index contributed by atoms with van der Waals surface area (Å²) in [5, 5.41) is 2.97. The van der Waals surface area contributed by atoms with Crippen molar-refractivity contribution in [1.29, 1.82) is 0 Å². The molecular formula is C18H17ClN2O4. The molecule has 2 aromatic rings. The maximum Gasteiger partial charge on any atom is 0.270 e. The van der Waals surface area contributed by atoms with Crippen molar-refractivity contribution in [3.63, 3.8) is 0 Å². The summed E-state index contributed by atoms with van der Waals surface area (Å²) in [4.78, 5) is 26.9. The van der Waals surface area contributed by atoms with Crippen LogP contribution in [0.4, 0.5) is 0 Å². The molecule has 7 heteroatoms. The van der Waals surface area contributed by atoms with Crippen molar-refractivity contribution in [3.8, 4) is 0 Å². The standard InChI is InChI=1S/C18H17ClN2O4/c19-15-6-2-1-5-14(15)17(22)20-16(12-13-4-3-9-25-13)18(23)21-7-10-24-11-8-21/h1-6,9,12H,7-8,10-11H2,(H,20,22)/b16-12+. The average molecular weight is 361 g/mol. The minimum atomic E-state index is -0.454. The molecule has 25 heavy (non-hydrogen) atoms. The zero-order valence-corrected chi connectivity index (χ0v) is 14.2. The molecule has 1 fully saturated rings. The zero-order valence-electron chi connectivity index (χ0n) is 13.4. The highest BCUT2D eigenvalue weighted by atomic mass is 35.5. The highest BCUT2D eigenvalue weighted by Crippen LogP contribution is 2.16. The first-order valence-electron chi connectivity index (χ1n) is 7.83. The van der Waals surface area contributed by atoms with Crippen LogP contribution in [0.2, 0.25) is 5.02 Å². The van der Waals surface area contributed by atoms with Gasteiger partial charge in [-0.2, -0.15) is 0 Å². The van der Waals surface area contributed by atoms with Gasteiger partial charge in [-0.05, 0) is 24.3 Å². The second-order valence-electron chi connectivity index (χ2n) is 5.41. The molecule has 0 atom stereocenters. The number of nitrogens with zero attached hydrogens (tertiary/aromatic N) is 1. The maximum absolute atomic E-state index is 12.8. The first-order valence-corrected chi connectivity index (χ1v) is 8.21. The number of carbonyl (C=O) groups excluding carboxylic acids is 2. The minimum Gasteiger partial charge on any atom is -0.465 e. The number of nitrogens with one attached hydrogen (secondary N) is 1. The van der Waals surface area contributed by atoms with Crippen LogP contribution >= 0.6 is 11.6 Å². The second-order valence-corrected chi connectivity index (χ2v) is 5.82. The van der Waals surface area contributed by atoms with Gasteiger partial charge in [-0.1, -0.05) is 23.7 Å². The Morgan fingerprint density at radius 3 is 2.56 bits per heavy atom. The number of amides is 2. The summed E-state index contributed by atoms with van der Waals surface area (Å²) in [6.45, 7) is 1.88. The summed E-state index contributed by atoms with van der Waals surface area (Å²) in [6.07, 6.45) is 3.01. The normalized spacial score (nSPS) is 15.1. The van der Waals surface area contributed by atoms with Crippen LogP contribution < -0.4 is 5.32 Å². The van der Waals surface area contributed by atoms with Gasteiger partial charge in [0.1, 0.15) is 11.5 Å². The number of carbonyl (C=O) groups is 2. The fourth-order valence-corrected chi connectivity index (χ4v) is 2.66. The molecule has 3 rings (SSSR count). The van der Waals surface area contributed by atoms with E-state index in [9.17, 15) is 9.59 Å².